The first-order valence-corrected chi connectivity index (χ1v) is 2.35. The summed E-state index contributed by atoms with van der Waals surface area (Å²) < 4.78 is 8.88. The molecule has 0 aromatic rings. The normalized spacial score (nSPS) is 8.43. The van der Waals surface area contributed by atoms with E-state index < -0.39 is 7.82 Å². The molecule has 0 unspecified atom stereocenters. The van der Waals surface area contributed by atoms with Crippen LogP contribution in [0.5, 0.6) is 0 Å². The molecule has 0 radical (unpaired) electrons. The quantitative estimate of drug-likeness (QED) is 0.379. The molecule has 38 valence electrons. The topological polar surface area (TPSA) is 77.8 Å². The first-order chi connectivity index (χ1) is 2.00. The van der Waals surface area contributed by atoms with Crippen molar-refractivity contribution in [3.8, 4) is 0 Å². The minimum atomic E-state index is -4.64. The van der Waals surface area contributed by atoms with Gasteiger partial charge in [-0.1, -0.05) is 0 Å². The van der Waals surface area contributed by atoms with Gasteiger partial charge in [0.05, 0.1) is 0 Å². The average molecular weight is 253 g/mol. The molecule has 0 aromatic heterocycles. The maximum atomic E-state index is 8.88. The molecule has 7 heavy (non-hydrogen) atoms. The molecule has 0 amide bonds. The smallest absolute Gasteiger partial charge is 1.00 e. The van der Waals surface area contributed by atoms with Crippen LogP contribution >= 0.6 is 7.82 Å². The number of hydrogen-bond donors (Lipinski definition) is 3. The zero-order valence-corrected chi connectivity index (χ0v) is 10.9. The molecule has 0 saturated heterocycles. The number of rotatable bonds is 0. The molecule has 3 N–H and O–H groups in total. The summed E-state index contributed by atoms with van der Waals surface area (Å²) in [5.41, 5.74) is 0. The Kier molecular flexibility index (Phi) is 14.6. The van der Waals surface area contributed by atoms with E-state index in [0.29, 0.717) is 0 Å². The fourth-order valence-corrected chi connectivity index (χ4v) is 0. The van der Waals surface area contributed by atoms with Crippen molar-refractivity contribution >= 4 is 53.3 Å². The molecule has 0 rings (SSSR count). The minimum absolute atomic E-state index is 0. The van der Waals surface area contributed by atoms with Gasteiger partial charge in [0.15, 0.2) is 0 Å². The summed E-state index contributed by atoms with van der Waals surface area (Å²) in [7, 11) is -4.64. The zero-order valence-electron chi connectivity index (χ0n) is 5.61. The second kappa shape index (κ2) is 6.34. The fourth-order valence-electron chi connectivity index (χ4n) is 0. The molecule has 0 aliphatic heterocycles. The third-order valence-electron chi connectivity index (χ3n) is 0. The van der Waals surface area contributed by atoms with Crippen LogP contribution in [0.1, 0.15) is 2.85 Å². The second-order valence-corrected chi connectivity index (χ2v) is 1.54. The van der Waals surface area contributed by atoms with Gasteiger partial charge in [0, 0.05) is 19.5 Å². The van der Waals surface area contributed by atoms with Crippen LogP contribution in [0, 0.1) is 0 Å². The summed E-state index contributed by atoms with van der Waals surface area (Å²) in [5, 5.41) is 0. The van der Waals surface area contributed by atoms with Gasteiger partial charge in [-0.05, 0) is 0 Å². The Hall–Kier alpha value is 2.21. The van der Waals surface area contributed by atoms with Crippen LogP contribution in [0.25, 0.3) is 0 Å². The van der Waals surface area contributed by atoms with Crippen molar-refractivity contribution in [2.75, 3.05) is 0 Å². The van der Waals surface area contributed by atoms with Crippen molar-refractivity contribution in [1.82, 2.24) is 0 Å². The van der Waals surface area contributed by atoms with Gasteiger partial charge in [0.2, 0.25) is 0 Å². The van der Waals surface area contributed by atoms with Crippen LogP contribution in [-0.4, -0.2) is 60.2 Å². The molecule has 0 heterocycles. The Morgan fingerprint density at radius 3 is 1.29 bits per heavy atom. The van der Waals surface area contributed by atoms with Gasteiger partial charge in [-0.15, -0.1) is 0 Å². The van der Waals surface area contributed by atoms with Crippen molar-refractivity contribution in [1.29, 1.82) is 0 Å². The van der Waals surface area contributed by atoms with Crippen LogP contribution < -0.4 is 0 Å². The average Bonchev–Trinajstić information content (AvgIpc) is 0.722. The third kappa shape index (κ3) is 64.7. The van der Waals surface area contributed by atoms with Gasteiger partial charge < -0.3 is 17.5 Å². The molecular formula is H5O4PSrZn. The van der Waals surface area contributed by atoms with E-state index in [0.717, 1.165) is 0 Å². The molecule has 0 saturated carbocycles. The molecule has 0 spiro atoms. The molecule has 4 nitrogen and oxygen atoms in total. The monoisotopic (exact) mass is 252 g/mol. The van der Waals surface area contributed by atoms with E-state index >= 15 is 0 Å². The van der Waals surface area contributed by atoms with E-state index in [1.807, 2.05) is 0 Å². The summed E-state index contributed by atoms with van der Waals surface area (Å²) >= 11 is 0. The Labute approximate surface area is 93.5 Å². The molecule has 0 aliphatic rings. The Bertz CT molecular complexity index is 64.7. The van der Waals surface area contributed by atoms with Crippen molar-refractivity contribution in [2.24, 2.45) is 0 Å². The molecule has 0 aliphatic carbocycles. The van der Waals surface area contributed by atoms with E-state index in [9.17, 15) is 0 Å². The van der Waals surface area contributed by atoms with Crippen molar-refractivity contribution in [3.63, 3.8) is 0 Å². The first kappa shape index (κ1) is 16.1. The van der Waals surface area contributed by atoms with Crippen LogP contribution in [-0.2, 0) is 24.0 Å². The number of hydrogen-bond acceptors (Lipinski definition) is 1. The summed E-state index contributed by atoms with van der Waals surface area (Å²) in [5.74, 6) is 0. The Balaban J connectivity index is -0.0000000133. The number of phosphoric acid groups is 1. The van der Waals surface area contributed by atoms with Gasteiger partial charge in [-0.25, -0.2) is 4.57 Å². The molecule has 7 heteroatoms. The molecule has 0 atom stereocenters. The van der Waals surface area contributed by atoms with Gasteiger partial charge in [-0.3, -0.25) is 0 Å². The van der Waals surface area contributed by atoms with E-state index in [1.54, 1.807) is 0 Å². The van der Waals surface area contributed by atoms with Crippen molar-refractivity contribution in [3.05, 3.63) is 0 Å². The summed E-state index contributed by atoms with van der Waals surface area (Å²) in [4.78, 5) is 21.6. The fraction of sp³-hybridized carbons (Fsp3) is 0. The largest absolute Gasteiger partial charge is 2.00 e. The molecular weight excluding hydrogens is 248 g/mol. The van der Waals surface area contributed by atoms with Crippen LogP contribution in [0.15, 0.2) is 0 Å². The molecule has 0 bridgehead atoms. The van der Waals surface area contributed by atoms with Crippen LogP contribution in [0.4, 0.5) is 0 Å². The Morgan fingerprint density at radius 1 is 1.29 bits per heavy atom. The predicted molar refractivity (Wildman–Crippen MR) is 22.2 cm³/mol. The Morgan fingerprint density at radius 2 is 1.29 bits per heavy atom. The van der Waals surface area contributed by atoms with E-state index in [1.165, 1.54) is 0 Å². The molecule has 0 aromatic carbocycles. The minimum Gasteiger partial charge on any atom is -1.00 e. The summed E-state index contributed by atoms with van der Waals surface area (Å²) in [6.45, 7) is 0. The standard InChI is InChI=1S/H3O4P.Sr.Zn.2H/c1-5(2,3)4;;;;/h(H3,1,2,3,4);;;;/q;+2;;2*-1. The maximum absolute atomic E-state index is 8.88. The van der Waals surface area contributed by atoms with Gasteiger partial charge in [-0.2, -0.15) is 0 Å². The van der Waals surface area contributed by atoms with E-state index in [-0.39, 0.29) is 67.8 Å². The zero-order chi connectivity index (χ0) is 4.50. The van der Waals surface area contributed by atoms with Crippen molar-refractivity contribution < 1.29 is 41.6 Å². The third-order valence-corrected chi connectivity index (χ3v) is 0. The molecule has 0 fully saturated rings. The van der Waals surface area contributed by atoms with E-state index in [4.69, 9.17) is 19.2 Å². The van der Waals surface area contributed by atoms with Crippen molar-refractivity contribution in [2.45, 2.75) is 0 Å². The SMILES string of the molecule is O=P(O)(O)O.[H-].[H-].[Sr+2].[Zn]. The maximum Gasteiger partial charge on any atom is 2.00 e. The first-order valence-electron chi connectivity index (χ1n) is 0.783. The van der Waals surface area contributed by atoms with Gasteiger partial charge in [0.25, 0.3) is 0 Å². The second-order valence-electron chi connectivity index (χ2n) is 0.513. The van der Waals surface area contributed by atoms with Gasteiger partial charge >= 0.3 is 53.3 Å². The predicted octanol–water partition coefficient (Wildman–Crippen LogP) is -1.09. The summed E-state index contributed by atoms with van der Waals surface area (Å²) in [6.07, 6.45) is 0. The van der Waals surface area contributed by atoms with Crippen LogP contribution in [0.2, 0.25) is 0 Å². The van der Waals surface area contributed by atoms with Crippen LogP contribution in [0.3, 0.4) is 0 Å². The van der Waals surface area contributed by atoms with E-state index in [2.05, 4.69) is 0 Å². The van der Waals surface area contributed by atoms with Gasteiger partial charge in [0.1, 0.15) is 0 Å². The summed E-state index contributed by atoms with van der Waals surface area (Å²) in [6, 6.07) is 0.